The van der Waals surface area contributed by atoms with Crippen LogP contribution in [0.2, 0.25) is 0 Å². The highest BCUT2D eigenvalue weighted by molar-refractivity contribution is 6.16. The lowest BCUT2D eigenvalue weighted by Crippen LogP contribution is -2.13. The zero-order valence-electron chi connectivity index (χ0n) is 27.9. The standard InChI is InChI=1S/C47H29N3O2/c1-2-11-30(12-3-1)45-48-46(32-21-20-29-19-18-28-10-4-5-13-33(28)39(29)26-32)50-47(49-45)38-25-24-34(44-43(38)37-15-7-9-17-41(37)52-44)31-22-23-36-35-14-6-8-16-40(35)51-42(36)27-31/h1-28,33H. The van der Waals surface area contributed by atoms with Crippen LogP contribution in [0, 0.1) is 5.92 Å². The highest BCUT2D eigenvalue weighted by Gasteiger charge is 2.26. The fraction of sp³-hybridized carbons (Fsp3) is 0.0426. The number of hydrogen-bond acceptors (Lipinski definition) is 5. The summed E-state index contributed by atoms with van der Waals surface area (Å²) in [6.07, 6.45) is 13.4. The first-order valence-electron chi connectivity index (χ1n) is 17.6. The zero-order valence-corrected chi connectivity index (χ0v) is 27.9. The van der Waals surface area contributed by atoms with Crippen molar-refractivity contribution < 1.29 is 8.83 Å². The van der Waals surface area contributed by atoms with E-state index in [-0.39, 0.29) is 5.92 Å². The minimum atomic E-state index is 0.281. The number of para-hydroxylation sites is 2. The van der Waals surface area contributed by atoms with Gasteiger partial charge in [0.05, 0.1) is 0 Å². The summed E-state index contributed by atoms with van der Waals surface area (Å²) >= 11 is 0. The molecule has 244 valence electrons. The molecule has 2 aliphatic rings. The number of benzene rings is 6. The molecule has 5 nitrogen and oxygen atoms in total. The van der Waals surface area contributed by atoms with Gasteiger partial charge in [-0.3, -0.25) is 0 Å². The molecular weight excluding hydrogens is 639 g/mol. The Kier molecular flexibility index (Phi) is 6.31. The molecule has 0 amide bonds. The van der Waals surface area contributed by atoms with E-state index in [1.54, 1.807) is 0 Å². The SMILES string of the molecule is C1=CC2C=Cc3ccc(-c4nc(-c5ccccc5)nc(-c5ccc(-c6ccc7c(c6)oc6ccccc67)c6oc7ccccc7c56)n4)cc3C2C=C1. The van der Waals surface area contributed by atoms with E-state index in [4.69, 9.17) is 23.8 Å². The third-order valence-electron chi connectivity index (χ3n) is 10.5. The summed E-state index contributed by atoms with van der Waals surface area (Å²) in [5.41, 5.74) is 10.6. The molecule has 0 bridgehead atoms. The van der Waals surface area contributed by atoms with Crippen LogP contribution in [0.4, 0.5) is 0 Å². The molecule has 0 fully saturated rings. The smallest absolute Gasteiger partial charge is 0.164 e. The number of hydrogen-bond donors (Lipinski definition) is 0. The summed E-state index contributed by atoms with van der Waals surface area (Å²) in [6.45, 7) is 0. The van der Waals surface area contributed by atoms with Gasteiger partial charge in [0.1, 0.15) is 22.3 Å². The van der Waals surface area contributed by atoms with E-state index in [2.05, 4.69) is 97.1 Å². The van der Waals surface area contributed by atoms with Crippen LogP contribution in [0.15, 0.2) is 167 Å². The van der Waals surface area contributed by atoms with Crippen LogP contribution in [-0.4, -0.2) is 15.0 Å². The van der Waals surface area contributed by atoms with Crippen molar-refractivity contribution in [3.8, 4) is 45.3 Å². The van der Waals surface area contributed by atoms with Crippen molar-refractivity contribution in [1.29, 1.82) is 0 Å². The number of furan rings is 2. The summed E-state index contributed by atoms with van der Waals surface area (Å²) < 4.78 is 13.0. The predicted octanol–water partition coefficient (Wildman–Crippen LogP) is 12.2. The van der Waals surface area contributed by atoms with Crippen LogP contribution in [-0.2, 0) is 0 Å². The quantitative estimate of drug-likeness (QED) is 0.187. The Morgan fingerprint density at radius 3 is 2.04 bits per heavy atom. The Hall–Kier alpha value is -6.85. The van der Waals surface area contributed by atoms with Crippen molar-refractivity contribution in [2.75, 3.05) is 0 Å². The van der Waals surface area contributed by atoms with Crippen molar-refractivity contribution in [1.82, 2.24) is 15.0 Å². The topological polar surface area (TPSA) is 65.0 Å². The molecule has 52 heavy (non-hydrogen) atoms. The van der Waals surface area contributed by atoms with E-state index in [9.17, 15) is 0 Å². The lowest BCUT2D eigenvalue weighted by molar-refractivity contribution is 0.668. The Bertz CT molecular complexity index is 2980. The first-order chi connectivity index (χ1) is 25.7. The number of nitrogens with zero attached hydrogens (tertiary/aromatic N) is 3. The first kappa shape index (κ1) is 28.9. The molecular formula is C47H29N3O2. The zero-order chi connectivity index (χ0) is 34.2. The average molecular weight is 668 g/mol. The van der Waals surface area contributed by atoms with Gasteiger partial charge in [-0.25, -0.2) is 15.0 Å². The van der Waals surface area contributed by atoms with Crippen molar-refractivity contribution >= 4 is 50.0 Å². The first-order valence-corrected chi connectivity index (χ1v) is 17.6. The van der Waals surface area contributed by atoms with E-state index in [0.29, 0.717) is 23.4 Å². The molecule has 0 radical (unpaired) electrons. The van der Waals surface area contributed by atoms with Crippen LogP contribution in [0.25, 0.3) is 95.2 Å². The monoisotopic (exact) mass is 667 g/mol. The van der Waals surface area contributed by atoms with Crippen LogP contribution in [0.5, 0.6) is 0 Å². The highest BCUT2D eigenvalue weighted by atomic mass is 16.3. The van der Waals surface area contributed by atoms with E-state index in [1.807, 2.05) is 66.7 Å². The molecule has 9 aromatic rings. The summed E-state index contributed by atoms with van der Waals surface area (Å²) in [6, 6.07) is 43.7. The summed E-state index contributed by atoms with van der Waals surface area (Å²) in [4.78, 5) is 15.5. The van der Waals surface area contributed by atoms with E-state index in [0.717, 1.165) is 71.7 Å². The van der Waals surface area contributed by atoms with Gasteiger partial charge in [-0.2, -0.15) is 0 Å². The third kappa shape index (κ3) is 4.53. The number of rotatable bonds is 4. The second kappa shape index (κ2) is 11.3. The molecule has 6 aromatic carbocycles. The van der Waals surface area contributed by atoms with Gasteiger partial charge in [0, 0.05) is 55.6 Å². The number of aromatic nitrogens is 3. The van der Waals surface area contributed by atoms with Gasteiger partial charge < -0.3 is 8.83 Å². The third-order valence-corrected chi connectivity index (χ3v) is 10.5. The second-order valence-electron chi connectivity index (χ2n) is 13.5. The maximum absolute atomic E-state index is 6.69. The Morgan fingerprint density at radius 1 is 0.462 bits per heavy atom. The number of fused-ring (bicyclic) bond motifs is 9. The van der Waals surface area contributed by atoms with E-state index >= 15 is 0 Å². The van der Waals surface area contributed by atoms with Crippen LogP contribution in [0.3, 0.4) is 0 Å². The van der Waals surface area contributed by atoms with Gasteiger partial charge >= 0.3 is 0 Å². The molecule has 2 aliphatic carbocycles. The van der Waals surface area contributed by atoms with Gasteiger partial charge in [0.2, 0.25) is 0 Å². The Morgan fingerprint density at radius 2 is 1.15 bits per heavy atom. The lowest BCUT2D eigenvalue weighted by atomic mass is 9.77. The van der Waals surface area contributed by atoms with Crippen LogP contribution >= 0.6 is 0 Å². The van der Waals surface area contributed by atoms with Gasteiger partial charge in [0.15, 0.2) is 17.5 Å². The fourth-order valence-electron chi connectivity index (χ4n) is 7.97. The van der Waals surface area contributed by atoms with Crippen molar-refractivity contribution in [2.45, 2.75) is 5.92 Å². The largest absolute Gasteiger partial charge is 0.456 e. The Balaban J connectivity index is 1.12. The molecule has 3 aromatic heterocycles. The molecule has 0 saturated heterocycles. The molecule has 0 saturated carbocycles. The van der Waals surface area contributed by atoms with Crippen molar-refractivity contribution in [2.24, 2.45) is 5.92 Å². The normalized spacial score (nSPS) is 16.2. The molecule has 5 heteroatoms. The van der Waals surface area contributed by atoms with Crippen LogP contribution < -0.4 is 0 Å². The summed E-state index contributed by atoms with van der Waals surface area (Å²) in [7, 11) is 0. The summed E-state index contributed by atoms with van der Waals surface area (Å²) in [5, 5.41) is 4.17. The minimum Gasteiger partial charge on any atom is -0.456 e. The molecule has 0 N–H and O–H groups in total. The minimum absolute atomic E-state index is 0.281. The Labute approximate surface area is 298 Å². The highest BCUT2D eigenvalue weighted by Crippen LogP contribution is 2.43. The average Bonchev–Trinajstić information content (AvgIpc) is 3.79. The van der Waals surface area contributed by atoms with Gasteiger partial charge in [0.25, 0.3) is 0 Å². The van der Waals surface area contributed by atoms with Gasteiger partial charge in [-0.1, -0.05) is 121 Å². The van der Waals surface area contributed by atoms with Gasteiger partial charge in [-0.05, 0) is 59.2 Å². The molecule has 11 rings (SSSR count). The van der Waals surface area contributed by atoms with Crippen molar-refractivity contribution in [3.63, 3.8) is 0 Å². The molecule has 2 unspecified atom stereocenters. The van der Waals surface area contributed by atoms with Crippen LogP contribution in [0.1, 0.15) is 17.0 Å². The van der Waals surface area contributed by atoms with E-state index < -0.39 is 0 Å². The second-order valence-corrected chi connectivity index (χ2v) is 13.5. The maximum Gasteiger partial charge on any atom is 0.164 e. The summed E-state index contributed by atoms with van der Waals surface area (Å²) in [5.74, 6) is 2.47. The molecule has 3 heterocycles. The van der Waals surface area contributed by atoms with Crippen molar-refractivity contribution in [3.05, 3.63) is 169 Å². The fourth-order valence-corrected chi connectivity index (χ4v) is 7.97. The lowest BCUT2D eigenvalue weighted by Gasteiger charge is -2.27. The maximum atomic E-state index is 6.69. The van der Waals surface area contributed by atoms with Gasteiger partial charge in [-0.15, -0.1) is 0 Å². The predicted molar refractivity (Wildman–Crippen MR) is 210 cm³/mol. The van der Waals surface area contributed by atoms with E-state index in [1.165, 1.54) is 11.1 Å². The molecule has 2 atom stereocenters. The number of allylic oxidation sites excluding steroid dienone is 5. The molecule has 0 spiro atoms. The molecule has 0 aliphatic heterocycles.